The lowest BCUT2D eigenvalue weighted by atomic mass is 9.85. The van der Waals surface area contributed by atoms with Crippen LogP contribution in [-0.2, 0) is 10.2 Å². The van der Waals surface area contributed by atoms with Gasteiger partial charge in [-0.2, -0.15) is 18.3 Å². The Bertz CT molecular complexity index is 712. The second-order valence-electron chi connectivity index (χ2n) is 5.08. The van der Waals surface area contributed by atoms with Crippen LogP contribution in [0.3, 0.4) is 0 Å². The molecule has 106 valence electrons. The van der Waals surface area contributed by atoms with E-state index in [1.165, 1.54) is 12.3 Å². The Balaban J connectivity index is 2.38. The third-order valence-electron chi connectivity index (χ3n) is 3.82. The normalized spacial score (nSPS) is 25.9. The number of hydrogen-bond acceptors (Lipinski definition) is 3. The molecule has 0 spiro atoms. The van der Waals surface area contributed by atoms with E-state index >= 15 is 0 Å². The van der Waals surface area contributed by atoms with Crippen molar-refractivity contribution in [1.82, 2.24) is 14.6 Å². The molecule has 2 aromatic heterocycles. The molecule has 1 aliphatic carbocycles. The van der Waals surface area contributed by atoms with E-state index in [2.05, 4.69) is 10.1 Å². The SMILES string of the molecule is C[C@@]1(C(F)(F)F)C[C@@H](C=O)c2cnc3cc(Cl)nn3c21. The van der Waals surface area contributed by atoms with Crippen molar-refractivity contribution in [3.8, 4) is 0 Å². The third kappa shape index (κ3) is 1.59. The van der Waals surface area contributed by atoms with Crippen LogP contribution in [0.25, 0.3) is 5.65 Å². The lowest BCUT2D eigenvalue weighted by Gasteiger charge is -2.28. The Labute approximate surface area is 116 Å². The van der Waals surface area contributed by atoms with Gasteiger partial charge in [0.05, 0.1) is 5.69 Å². The van der Waals surface area contributed by atoms with E-state index in [0.717, 1.165) is 11.4 Å². The number of fused-ring (bicyclic) bond motifs is 3. The highest BCUT2D eigenvalue weighted by Crippen LogP contribution is 2.53. The van der Waals surface area contributed by atoms with E-state index in [1.54, 1.807) is 0 Å². The molecule has 2 aromatic rings. The van der Waals surface area contributed by atoms with E-state index in [1.807, 2.05) is 0 Å². The highest BCUT2D eigenvalue weighted by Gasteiger charge is 2.59. The number of rotatable bonds is 1. The Morgan fingerprint density at radius 1 is 1.55 bits per heavy atom. The summed E-state index contributed by atoms with van der Waals surface area (Å²) in [5.41, 5.74) is -1.72. The highest BCUT2D eigenvalue weighted by molar-refractivity contribution is 6.29. The summed E-state index contributed by atoms with van der Waals surface area (Å²) in [6.45, 7) is 1.07. The van der Waals surface area contributed by atoms with Crippen molar-refractivity contribution in [2.75, 3.05) is 0 Å². The molecule has 0 saturated heterocycles. The maximum Gasteiger partial charge on any atom is 0.399 e. The number of alkyl halides is 3. The summed E-state index contributed by atoms with van der Waals surface area (Å²) >= 11 is 5.74. The van der Waals surface area contributed by atoms with Crippen LogP contribution in [0.5, 0.6) is 0 Å². The maximum atomic E-state index is 13.5. The van der Waals surface area contributed by atoms with Crippen molar-refractivity contribution in [1.29, 1.82) is 0 Å². The van der Waals surface area contributed by atoms with Gasteiger partial charge in [0, 0.05) is 23.7 Å². The van der Waals surface area contributed by atoms with Gasteiger partial charge >= 0.3 is 6.18 Å². The minimum absolute atomic E-state index is 0.0565. The maximum absolute atomic E-state index is 13.5. The topological polar surface area (TPSA) is 47.3 Å². The summed E-state index contributed by atoms with van der Waals surface area (Å²) in [5.74, 6) is -0.837. The van der Waals surface area contributed by atoms with E-state index in [0.29, 0.717) is 6.29 Å². The molecule has 0 N–H and O–H groups in total. The standard InChI is InChI=1S/C12H9ClF3N3O/c1-11(12(14,15)16)3-6(5-20)7-4-17-9-2-8(13)18-19(9)10(7)11/h2,4-6H,3H2,1H3/t6-,11+/m0/s1. The van der Waals surface area contributed by atoms with Crippen molar-refractivity contribution >= 4 is 23.5 Å². The second kappa shape index (κ2) is 3.94. The number of carbonyl (C=O) groups excluding carboxylic acids is 1. The first-order valence-electron chi connectivity index (χ1n) is 5.84. The van der Waals surface area contributed by atoms with Gasteiger partial charge in [-0.3, -0.25) is 0 Å². The monoisotopic (exact) mass is 303 g/mol. The molecule has 20 heavy (non-hydrogen) atoms. The summed E-state index contributed by atoms with van der Waals surface area (Å²) in [7, 11) is 0. The number of carbonyl (C=O) groups is 1. The van der Waals surface area contributed by atoms with E-state index in [-0.39, 0.29) is 28.5 Å². The second-order valence-corrected chi connectivity index (χ2v) is 5.46. The molecule has 1 aliphatic rings. The van der Waals surface area contributed by atoms with E-state index in [9.17, 15) is 18.0 Å². The largest absolute Gasteiger partial charge is 0.399 e. The molecule has 4 nitrogen and oxygen atoms in total. The Morgan fingerprint density at radius 2 is 2.25 bits per heavy atom. The number of aldehydes is 1. The van der Waals surface area contributed by atoms with Crippen LogP contribution >= 0.6 is 11.6 Å². The van der Waals surface area contributed by atoms with Gasteiger partial charge in [-0.25, -0.2) is 9.50 Å². The zero-order valence-corrected chi connectivity index (χ0v) is 11.0. The molecule has 3 rings (SSSR count). The van der Waals surface area contributed by atoms with Crippen LogP contribution < -0.4 is 0 Å². The van der Waals surface area contributed by atoms with Gasteiger partial charge in [0.1, 0.15) is 11.7 Å². The van der Waals surface area contributed by atoms with Gasteiger partial charge < -0.3 is 4.79 Å². The van der Waals surface area contributed by atoms with Gasteiger partial charge in [-0.05, 0) is 13.3 Å². The lowest BCUT2D eigenvalue weighted by molar-refractivity contribution is -0.187. The molecule has 8 heteroatoms. The van der Waals surface area contributed by atoms with Crippen LogP contribution in [0.1, 0.15) is 30.5 Å². The van der Waals surface area contributed by atoms with Crippen LogP contribution in [-0.4, -0.2) is 27.1 Å². The molecule has 0 aromatic carbocycles. The van der Waals surface area contributed by atoms with E-state index in [4.69, 9.17) is 11.6 Å². The molecule has 0 unspecified atom stereocenters. The molecule has 0 fully saturated rings. The summed E-state index contributed by atoms with van der Waals surface area (Å²) in [4.78, 5) is 15.1. The summed E-state index contributed by atoms with van der Waals surface area (Å²) in [5, 5.41) is 3.93. The fourth-order valence-corrected chi connectivity index (χ4v) is 2.93. The summed E-state index contributed by atoms with van der Waals surface area (Å²) < 4.78 is 41.5. The molecule has 2 heterocycles. The van der Waals surface area contributed by atoms with Crippen LogP contribution in [0.15, 0.2) is 12.3 Å². The quantitative estimate of drug-likeness (QED) is 0.761. The molecule has 0 radical (unpaired) electrons. The van der Waals surface area contributed by atoms with E-state index < -0.39 is 17.5 Å². The number of nitrogens with zero attached hydrogens (tertiary/aromatic N) is 3. The van der Waals surface area contributed by atoms with Crippen LogP contribution in [0.4, 0.5) is 13.2 Å². The molecule has 0 bridgehead atoms. The van der Waals surface area contributed by atoms with Crippen molar-refractivity contribution in [2.24, 2.45) is 0 Å². The smallest absolute Gasteiger partial charge is 0.303 e. The molecule has 0 amide bonds. The van der Waals surface area contributed by atoms with Crippen LogP contribution in [0.2, 0.25) is 5.15 Å². The Hall–Kier alpha value is -1.63. The summed E-state index contributed by atoms with van der Waals surface area (Å²) in [6.07, 6.45) is -3.01. The highest BCUT2D eigenvalue weighted by atomic mass is 35.5. The zero-order chi connectivity index (χ0) is 14.7. The first-order valence-corrected chi connectivity index (χ1v) is 6.22. The number of hydrogen-bond donors (Lipinski definition) is 0. The average Bonchev–Trinajstić information content (AvgIpc) is 2.86. The predicted molar refractivity (Wildman–Crippen MR) is 64.8 cm³/mol. The first-order chi connectivity index (χ1) is 9.28. The molecule has 0 aliphatic heterocycles. The molecule has 0 saturated carbocycles. The number of halogens is 4. The van der Waals surface area contributed by atoms with Gasteiger partial charge in [-0.15, -0.1) is 0 Å². The Kier molecular flexibility index (Phi) is 2.63. The fourth-order valence-electron chi connectivity index (χ4n) is 2.76. The summed E-state index contributed by atoms with van der Waals surface area (Å²) in [6, 6.07) is 1.38. The minimum atomic E-state index is -4.49. The van der Waals surface area contributed by atoms with Gasteiger partial charge in [-0.1, -0.05) is 11.6 Å². The molecule has 2 atom stereocenters. The van der Waals surface area contributed by atoms with Crippen molar-refractivity contribution in [2.45, 2.75) is 30.9 Å². The van der Waals surface area contributed by atoms with Gasteiger partial charge in [0.15, 0.2) is 10.8 Å². The van der Waals surface area contributed by atoms with Crippen molar-refractivity contribution < 1.29 is 18.0 Å². The number of aromatic nitrogens is 3. The third-order valence-corrected chi connectivity index (χ3v) is 4.01. The van der Waals surface area contributed by atoms with Gasteiger partial charge in [0.2, 0.25) is 0 Å². The van der Waals surface area contributed by atoms with Crippen LogP contribution in [0, 0.1) is 0 Å². The van der Waals surface area contributed by atoms with Crippen molar-refractivity contribution in [3.63, 3.8) is 0 Å². The lowest BCUT2D eigenvalue weighted by Crippen LogP contribution is -2.39. The van der Waals surface area contributed by atoms with Crippen molar-refractivity contribution in [3.05, 3.63) is 28.7 Å². The molecular weight excluding hydrogens is 295 g/mol. The Morgan fingerprint density at radius 3 is 2.85 bits per heavy atom. The minimum Gasteiger partial charge on any atom is -0.303 e. The average molecular weight is 304 g/mol. The zero-order valence-electron chi connectivity index (χ0n) is 10.3. The van der Waals surface area contributed by atoms with Gasteiger partial charge in [0.25, 0.3) is 0 Å². The molecular formula is C12H9ClF3N3O. The predicted octanol–water partition coefficient (Wildman–Crippen LogP) is 2.89. The first kappa shape index (κ1) is 13.4. The fraction of sp³-hybridized carbons (Fsp3) is 0.417.